The molecule has 0 radical (unpaired) electrons. The van der Waals surface area contributed by atoms with Crippen molar-refractivity contribution in [1.29, 1.82) is 0 Å². The van der Waals surface area contributed by atoms with E-state index in [9.17, 15) is 4.79 Å². The first-order valence-electron chi connectivity index (χ1n) is 6.69. The predicted molar refractivity (Wildman–Crippen MR) is 82.0 cm³/mol. The third-order valence-electron chi connectivity index (χ3n) is 2.64. The number of nitrogens with two attached hydrogens (primary N) is 1. The third-order valence-corrected chi connectivity index (χ3v) is 2.64. The summed E-state index contributed by atoms with van der Waals surface area (Å²) in [6, 6.07) is 7.51. The van der Waals surface area contributed by atoms with Crippen molar-refractivity contribution in [1.82, 2.24) is 9.78 Å². The summed E-state index contributed by atoms with van der Waals surface area (Å²) >= 11 is 0. The summed E-state index contributed by atoms with van der Waals surface area (Å²) in [4.78, 5) is 11.9. The predicted octanol–water partition coefficient (Wildman–Crippen LogP) is 2.86. The average molecular weight is 288 g/mol. The Labute approximate surface area is 123 Å². The van der Waals surface area contributed by atoms with Gasteiger partial charge in [-0.15, -0.1) is 0 Å². The summed E-state index contributed by atoms with van der Waals surface area (Å²) in [7, 11) is 0. The minimum Gasteiger partial charge on any atom is -0.444 e. The zero-order chi connectivity index (χ0) is 15.5. The number of benzene rings is 1. The van der Waals surface area contributed by atoms with Gasteiger partial charge in [0.2, 0.25) is 0 Å². The topological polar surface area (TPSA) is 82.2 Å². The van der Waals surface area contributed by atoms with Crippen LogP contribution < -0.4 is 11.1 Å². The van der Waals surface area contributed by atoms with Crippen molar-refractivity contribution in [3.63, 3.8) is 0 Å². The van der Waals surface area contributed by atoms with E-state index in [-0.39, 0.29) is 0 Å². The van der Waals surface area contributed by atoms with Gasteiger partial charge in [0.1, 0.15) is 5.60 Å². The number of nitrogen functional groups attached to an aromatic ring is 1. The third kappa shape index (κ3) is 4.52. The highest BCUT2D eigenvalue weighted by molar-refractivity contribution is 5.85. The molecule has 6 nitrogen and oxygen atoms in total. The van der Waals surface area contributed by atoms with E-state index in [2.05, 4.69) is 10.4 Å². The zero-order valence-electron chi connectivity index (χ0n) is 12.5. The minimum atomic E-state index is -0.532. The van der Waals surface area contributed by atoms with Gasteiger partial charge in [0.05, 0.1) is 18.4 Å². The van der Waals surface area contributed by atoms with E-state index in [4.69, 9.17) is 10.5 Å². The second-order valence-electron chi connectivity index (χ2n) is 5.76. The summed E-state index contributed by atoms with van der Waals surface area (Å²) in [5.74, 6) is 0. The van der Waals surface area contributed by atoms with E-state index in [1.807, 2.05) is 45.0 Å². The van der Waals surface area contributed by atoms with E-state index in [1.54, 1.807) is 17.1 Å². The number of carbonyl (C=O) groups excluding carboxylic acids is 1. The van der Waals surface area contributed by atoms with Crippen LogP contribution in [0.4, 0.5) is 16.2 Å². The van der Waals surface area contributed by atoms with Crippen molar-refractivity contribution < 1.29 is 9.53 Å². The zero-order valence-corrected chi connectivity index (χ0v) is 12.5. The molecule has 1 amide bonds. The molecule has 2 aromatic rings. The Balaban J connectivity index is 2.11. The van der Waals surface area contributed by atoms with Crippen LogP contribution in [0.2, 0.25) is 0 Å². The Kier molecular flexibility index (Phi) is 4.16. The molecule has 1 aromatic heterocycles. The van der Waals surface area contributed by atoms with Gasteiger partial charge in [0, 0.05) is 11.9 Å². The van der Waals surface area contributed by atoms with Crippen LogP contribution in [0, 0.1) is 0 Å². The quantitative estimate of drug-likeness (QED) is 0.909. The maximum absolute atomic E-state index is 11.9. The molecule has 1 heterocycles. The first kappa shape index (κ1) is 14.9. The van der Waals surface area contributed by atoms with Gasteiger partial charge >= 0.3 is 6.09 Å². The van der Waals surface area contributed by atoms with Crippen LogP contribution in [-0.4, -0.2) is 21.5 Å². The highest BCUT2D eigenvalue weighted by Gasteiger charge is 2.17. The van der Waals surface area contributed by atoms with E-state index in [0.29, 0.717) is 17.9 Å². The van der Waals surface area contributed by atoms with Crippen LogP contribution in [0.15, 0.2) is 36.7 Å². The number of para-hydroxylation sites is 1. The molecule has 0 aliphatic heterocycles. The highest BCUT2D eigenvalue weighted by atomic mass is 16.6. The van der Waals surface area contributed by atoms with Gasteiger partial charge in [-0.2, -0.15) is 5.10 Å². The lowest BCUT2D eigenvalue weighted by molar-refractivity contribution is 0.0636. The van der Waals surface area contributed by atoms with Crippen molar-refractivity contribution in [2.45, 2.75) is 32.9 Å². The first-order valence-corrected chi connectivity index (χ1v) is 6.69. The van der Waals surface area contributed by atoms with Gasteiger partial charge in [-0.3, -0.25) is 10.00 Å². The Morgan fingerprint density at radius 1 is 1.38 bits per heavy atom. The molecule has 0 saturated heterocycles. The summed E-state index contributed by atoms with van der Waals surface area (Å²) in [5.41, 5.74) is 7.34. The van der Waals surface area contributed by atoms with Crippen molar-refractivity contribution in [3.8, 4) is 0 Å². The van der Waals surface area contributed by atoms with E-state index in [1.165, 1.54) is 0 Å². The van der Waals surface area contributed by atoms with Crippen molar-refractivity contribution in [2.75, 3.05) is 11.1 Å². The Morgan fingerprint density at radius 3 is 2.71 bits per heavy atom. The highest BCUT2D eigenvalue weighted by Crippen LogP contribution is 2.18. The maximum atomic E-state index is 11.9. The summed E-state index contributed by atoms with van der Waals surface area (Å²) in [6.07, 6.45) is 2.85. The molecule has 0 spiro atoms. The SMILES string of the molecule is CC(C)(C)OC(=O)Nc1ccccc1Cn1cc(N)cn1. The van der Waals surface area contributed by atoms with Gasteiger partial charge in [-0.05, 0) is 32.4 Å². The van der Waals surface area contributed by atoms with Crippen molar-refractivity contribution in [2.24, 2.45) is 0 Å². The van der Waals surface area contributed by atoms with Crippen LogP contribution in [0.5, 0.6) is 0 Å². The largest absolute Gasteiger partial charge is 0.444 e. The molecule has 0 aliphatic carbocycles. The van der Waals surface area contributed by atoms with Crippen LogP contribution in [0.3, 0.4) is 0 Å². The lowest BCUT2D eigenvalue weighted by Crippen LogP contribution is -2.27. The molecule has 21 heavy (non-hydrogen) atoms. The maximum Gasteiger partial charge on any atom is 0.412 e. The normalized spacial score (nSPS) is 11.2. The Morgan fingerprint density at radius 2 is 2.10 bits per heavy atom. The summed E-state index contributed by atoms with van der Waals surface area (Å²) in [6.45, 7) is 5.99. The second kappa shape index (κ2) is 5.87. The molecule has 6 heteroatoms. The van der Waals surface area contributed by atoms with Crippen LogP contribution in [0.25, 0.3) is 0 Å². The minimum absolute atomic E-state index is 0.477. The summed E-state index contributed by atoms with van der Waals surface area (Å²) < 4.78 is 6.97. The number of nitrogens with zero attached hydrogens (tertiary/aromatic N) is 2. The lowest BCUT2D eigenvalue weighted by Gasteiger charge is -2.20. The molecule has 0 unspecified atom stereocenters. The Hall–Kier alpha value is -2.50. The fourth-order valence-electron chi connectivity index (χ4n) is 1.83. The van der Waals surface area contributed by atoms with Crippen LogP contribution in [0.1, 0.15) is 26.3 Å². The lowest BCUT2D eigenvalue weighted by atomic mass is 10.2. The molecule has 112 valence electrons. The first-order chi connectivity index (χ1) is 9.83. The number of amides is 1. The molecular weight excluding hydrogens is 268 g/mol. The smallest absolute Gasteiger partial charge is 0.412 e. The summed E-state index contributed by atoms with van der Waals surface area (Å²) in [5, 5.41) is 6.90. The van der Waals surface area contributed by atoms with Crippen molar-refractivity contribution >= 4 is 17.5 Å². The van der Waals surface area contributed by atoms with Crippen LogP contribution >= 0.6 is 0 Å². The van der Waals surface area contributed by atoms with Gasteiger partial charge in [-0.25, -0.2) is 4.79 Å². The molecule has 0 bridgehead atoms. The number of aromatic nitrogens is 2. The van der Waals surface area contributed by atoms with Gasteiger partial charge < -0.3 is 10.5 Å². The number of rotatable bonds is 3. The number of anilines is 2. The monoisotopic (exact) mass is 288 g/mol. The standard InChI is InChI=1S/C15H20N4O2/c1-15(2,3)21-14(20)18-13-7-5-4-6-11(13)9-19-10-12(16)8-17-19/h4-8,10H,9,16H2,1-3H3,(H,18,20). The number of hydrogen-bond donors (Lipinski definition) is 2. The van der Waals surface area contributed by atoms with Crippen LogP contribution in [-0.2, 0) is 11.3 Å². The molecule has 0 fully saturated rings. The number of nitrogens with one attached hydrogen (secondary N) is 1. The fraction of sp³-hybridized carbons (Fsp3) is 0.333. The molecule has 2 rings (SSSR count). The van der Waals surface area contributed by atoms with Gasteiger partial charge in [0.25, 0.3) is 0 Å². The van der Waals surface area contributed by atoms with E-state index >= 15 is 0 Å². The van der Waals surface area contributed by atoms with E-state index in [0.717, 1.165) is 5.56 Å². The molecule has 0 saturated carbocycles. The molecule has 0 aliphatic rings. The molecule has 0 atom stereocenters. The molecule has 1 aromatic carbocycles. The molecule has 3 N–H and O–H groups in total. The number of ether oxygens (including phenoxy) is 1. The second-order valence-corrected chi connectivity index (χ2v) is 5.76. The number of carbonyl (C=O) groups is 1. The number of hydrogen-bond acceptors (Lipinski definition) is 4. The van der Waals surface area contributed by atoms with Crippen molar-refractivity contribution in [3.05, 3.63) is 42.2 Å². The average Bonchev–Trinajstić information content (AvgIpc) is 2.75. The van der Waals surface area contributed by atoms with Gasteiger partial charge in [-0.1, -0.05) is 18.2 Å². The van der Waals surface area contributed by atoms with E-state index < -0.39 is 11.7 Å². The van der Waals surface area contributed by atoms with Gasteiger partial charge in [0.15, 0.2) is 0 Å². The fourth-order valence-corrected chi connectivity index (χ4v) is 1.83. The molecular formula is C15H20N4O2. The Bertz CT molecular complexity index is 629.